The number of carboxylic acids is 1. The third-order valence-corrected chi connectivity index (χ3v) is 4.67. The van der Waals surface area contributed by atoms with Crippen molar-refractivity contribution in [3.05, 3.63) is 46.1 Å². The van der Waals surface area contributed by atoms with E-state index in [1.165, 1.54) is 11.3 Å². The lowest BCUT2D eigenvalue weighted by atomic mass is 10.1. The van der Waals surface area contributed by atoms with Gasteiger partial charge >= 0.3 is 5.97 Å². The molecule has 0 atom stereocenters. The number of aromatic carboxylic acids is 1. The molecule has 2 N–H and O–H groups in total. The van der Waals surface area contributed by atoms with Crippen molar-refractivity contribution >= 4 is 39.0 Å². The average molecular weight is 313 g/mol. The Kier molecular flexibility index (Phi) is 3.54. The number of anilines is 2. The van der Waals surface area contributed by atoms with Gasteiger partial charge in [0.15, 0.2) is 0 Å². The van der Waals surface area contributed by atoms with Crippen molar-refractivity contribution < 1.29 is 9.90 Å². The summed E-state index contributed by atoms with van der Waals surface area (Å²) in [6, 6.07) is 7.90. The number of thiophene rings is 1. The summed E-state index contributed by atoms with van der Waals surface area (Å²) in [7, 11) is 0. The van der Waals surface area contributed by atoms with Gasteiger partial charge in [0.05, 0.1) is 5.39 Å². The number of aromatic nitrogens is 2. The third kappa shape index (κ3) is 2.42. The fraction of sp³-hybridized carbons (Fsp3) is 0.188. The van der Waals surface area contributed by atoms with Crippen LogP contribution in [0.3, 0.4) is 0 Å². The number of fused-ring (bicyclic) bond motifs is 1. The predicted molar refractivity (Wildman–Crippen MR) is 88.3 cm³/mol. The van der Waals surface area contributed by atoms with Crippen LogP contribution in [-0.2, 0) is 0 Å². The molecule has 0 bridgehead atoms. The Morgan fingerprint density at radius 3 is 2.59 bits per heavy atom. The lowest BCUT2D eigenvalue weighted by molar-refractivity contribution is 0.0701. The maximum Gasteiger partial charge on any atom is 0.346 e. The molecular weight excluding hydrogens is 298 g/mol. The lowest BCUT2D eigenvalue weighted by Crippen LogP contribution is -2.00. The molecule has 0 aliphatic heterocycles. The summed E-state index contributed by atoms with van der Waals surface area (Å²) in [5.74, 6) is 0.333. The van der Waals surface area contributed by atoms with Crippen molar-refractivity contribution in [3.8, 4) is 0 Å². The number of rotatable bonds is 3. The van der Waals surface area contributed by atoms with Crippen LogP contribution in [-0.4, -0.2) is 21.0 Å². The summed E-state index contributed by atoms with van der Waals surface area (Å²) in [5.41, 5.74) is 2.74. The highest BCUT2D eigenvalue weighted by atomic mass is 32.1. The number of para-hydroxylation sites is 1. The first kappa shape index (κ1) is 14.5. The highest BCUT2D eigenvalue weighted by molar-refractivity contribution is 7.20. The molecular formula is C16H15N3O2S. The molecule has 0 aliphatic carbocycles. The smallest absolute Gasteiger partial charge is 0.346 e. The fourth-order valence-corrected chi connectivity index (χ4v) is 3.45. The number of nitrogens with one attached hydrogen (secondary N) is 1. The highest BCUT2D eigenvalue weighted by Gasteiger charge is 2.19. The third-order valence-electron chi connectivity index (χ3n) is 3.49. The van der Waals surface area contributed by atoms with Gasteiger partial charge in [-0.2, -0.15) is 0 Å². The van der Waals surface area contributed by atoms with Crippen LogP contribution in [0, 0.1) is 20.8 Å². The summed E-state index contributed by atoms with van der Waals surface area (Å²) in [6.45, 7) is 5.61. The SMILES string of the molecule is Cc1nc(Nc2ccccc2C)c2c(C)c(C(=O)O)sc2n1. The molecule has 0 saturated heterocycles. The van der Waals surface area contributed by atoms with Crippen molar-refractivity contribution in [1.29, 1.82) is 0 Å². The van der Waals surface area contributed by atoms with Crippen LogP contribution in [0.15, 0.2) is 24.3 Å². The second kappa shape index (κ2) is 5.38. The molecule has 2 heterocycles. The Morgan fingerprint density at radius 1 is 1.18 bits per heavy atom. The van der Waals surface area contributed by atoms with Crippen LogP contribution in [0.4, 0.5) is 11.5 Å². The maximum atomic E-state index is 11.3. The van der Waals surface area contributed by atoms with Crippen LogP contribution in [0.5, 0.6) is 0 Å². The number of nitrogens with zero attached hydrogens (tertiary/aromatic N) is 2. The van der Waals surface area contributed by atoms with Crippen molar-refractivity contribution in [2.75, 3.05) is 5.32 Å². The Hall–Kier alpha value is -2.47. The van der Waals surface area contributed by atoms with Gasteiger partial charge in [-0.15, -0.1) is 11.3 Å². The summed E-state index contributed by atoms with van der Waals surface area (Å²) in [6.07, 6.45) is 0. The fourth-order valence-electron chi connectivity index (χ4n) is 2.38. The van der Waals surface area contributed by atoms with E-state index in [1.807, 2.05) is 31.2 Å². The molecule has 1 aromatic carbocycles. The second-order valence-electron chi connectivity index (χ2n) is 5.10. The summed E-state index contributed by atoms with van der Waals surface area (Å²) in [4.78, 5) is 21.2. The van der Waals surface area contributed by atoms with Crippen LogP contribution in [0.25, 0.3) is 10.2 Å². The normalized spacial score (nSPS) is 10.9. The minimum absolute atomic E-state index is 0.308. The average Bonchev–Trinajstić information content (AvgIpc) is 2.78. The van der Waals surface area contributed by atoms with Crippen molar-refractivity contribution in [2.24, 2.45) is 0 Å². The summed E-state index contributed by atoms with van der Waals surface area (Å²) >= 11 is 1.18. The van der Waals surface area contributed by atoms with Crippen molar-refractivity contribution in [3.63, 3.8) is 0 Å². The van der Waals surface area contributed by atoms with Gasteiger partial charge in [0.1, 0.15) is 21.3 Å². The zero-order chi connectivity index (χ0) is 15.9. The molecule has 0 radical (unpaired) electrons. The van der Waals surface area contributed by atoms with E-state index in [2.05, 4.69) is 15.3 Å². The first-order valence-electron chi connectivity index (χ1n) is 6.81. The number of carbonyl (C=O) groups is 1. The van der Waals surface area contributed by atoms with Crippen LogP contribution in [0.1, 0.15) is 26.6 Å². The molecule has 112 valence electrons. The molecule has 0 saturated carbocycles. The summed E-state index contributed by atoms with van der Waals surface area (Å²) in [5, 5.41) is 13.4. The lowest BCUT2D eigenvalue weighted by Gasteiger charge is -2.10. The van der Waals surface area contributed by atoms with E-state index in [4.69, 9.17) is 0 Å². The highest BCUT2D eigenvalue weighted by Crippen LogP contribution is 2.35. The standard InChI is InChI=1S/C16H15N3O2S/c1-8-6-4-5-7-11(8)19-14-12-9(2)13(16(20)21)22-15(12)18-10(3)17-14/h4-7H,1-3H3,(H,20,21)(H,17,18,19). The summed E-state index contributed by atoms with van der Waals surface area (Å²) < 4.78 is 0. The van der Waals surface area contributed by atoms with Crippen LogP contribution >= 0.6 is 11.3 Å². The molecule has 3 aromatic rings. The second-order valence-corrected chi connectivity index (χ2v) is 6.10. The molecule has 22 heavy (non-hydrogen) atoms. The largest absolute Gasteiger partial charge is 0.477 e. The Morgan fingerprint density at radius 2 is 1.91 bits per heavy atom. The van der Waals surface area contributed by atoms with Crippen LogP contribution < -0.4 is 5.32 Å². The van der Waals surface area contributed by atoms with Crippen molar-refractivity contribution in [2.45, 2.75) is 20.8 Å². The van der Waals surface area contributed by atoms with Gasteiger partial charge in [0, 0.05) is 5.69 Å². The van der Waals surface area contributed by atoms with E-state index in [-0.39, 0.29) is 0 Å². The number of carboxylic acid groups (broad SMARTS) is 1. The Balaban J connectivity index is 2.20. The van der Waals surface area contributed by atoms with Gasteiger partial charge in [-0.1, -0.05) is 18.2 Å². The molecule has 0 aliphatic rings. The molecule has 6 heteroatoms. The number of aryl methyl sites for hydroxylation is 3. The minimum atomic E-state index is -0.931. The van der Waals surface area contributed by atoms with Gasteiger partial charge in [0.25, 0.3) is 0 Å². The Labute approximate surface area is 131 Å². The van der Waals surface area contributed by atoms with Gasteiger partial charge in [-0.25, -0.2) is 14.8 Å². The van der Waals surface area contributed by atoms with Gasteiger partial charge in [-0.05, 0) is 38.0 Å². The van der Waals surface area contributed by atoms with E-state index in [9.17, 15) is 9.90 Å². The molecule has 0 amide bonds. The van der Waals surface area contributed by atoms with Crippen LogP contribution in [0.2, 0.25) is 0 Å². The minimum Gasteiger partial charge on any atom is -0.477 e. The van der Waals surface area contributed by atoms with Gasteiger partial charge in [0.2, 0.25) is 0 Å². The molecule has 3 rings (SSSR count). The van der Waals surface area contributed by atoms with E-state index < -0.39 is 5.97 Å². The molecule has 0 unspecified atom stereocenters. The predicted octanol–water partition coefficient (Wildman–Crippen LogP) is 4.06. The van der Waals surface area contributed by atoms with Crippen molar-refractivity contribution in [1.82, 2.24) is 9.97 Å². The molecule has 5 nitrogen and oxygen atoms in total. The first-order chi connectivity index (χ1) is 10.5. The molecule has 2 aromatic heterocycles. The van der Waals surface area contributed by atoms with E-state index in [1.54, 1.807) is 13.8 Å². The first-order valence-corrected chi connectivity index (χ1v) is 7.62. The van der Waals surface area contributed by atoms with Gasteiger partial charge in [-0.3, -0.25) is 0 Å². The topological polar surface area (TPSA) is 75.1 Å². The zero-order valence-corrected chi connectivity index (χ0v) is 13.3. The number of benzene rings is 1. The van der Waals surface area contributed by atoms with E-state index >= 15 is 0 Å². The quantitative estimate of drug-likeness (QED) is 0.762. The Bertz CT molecular complexity index is 886. The molecule has 0 spiro atoms. The van der Waals surface area contributed by atoms with Gasteiger partial charge < -0.3 is 10.4 Å². The monoisotopic (exact) mass is 313 g/mol. The maximum absolute atomic E-state index is 11.3. The zero-order valence-electron chi connectivity index (χ0n) is 12.5. The van der Waals surface area contributed by atoms with E-state index in [0.717, 1.165) is 16.6 Å². The van der Waals surface area contributed by atoms with E-state index in [0.29, 0.717) is 26.9 Å². The number of hydrogen-bond donors (Lipinski definition) is 2. The number of hydrogen-bond acceptors (Lipinski definition) is 5. The molecule has 0 fully saturated rings.